The van der Waals surface area contributed by atoms with Gasteiger partial charge in [-0.3, -0.25) is 9.59 Å². The SMILES string of the molecule is CNC(=O)Cc1ccc(-c2ccn(CC34CC5(C)CC(C)(C3)CC(OCCNC(=O)OCc3ccc(O[C@@H]6O[C@H](CO)[C@@H](O)[C@H](O)[C@H]6O)c(NC(=O)CCN)c3)(C5)C4)c2C)c(C(=O)O)n1. The summed E-state index contributed by atoms with van der Waals surface area (Å²) in [6.07, 6.45) is -0.462. The Balaban J connectivity index is 0.970. The molecule has 19 heteroatoms. The molecule has 19 nitrogen and oxygen atoms in total. The predicted octanol–water partition coefficient (Wildman–Crippen LogP) is 2.37. The van der Waals surface area contributed by atoms with Gasteiger partial charge >= 0.3 is 12.1 Å². The van der Waals surface area contributed by atoms with Crippen molar-refractivity contribution in [3.05, 3.63) is 65.2 Å². The van der Waals surface area contributed by atoms with Crippen molar-refractivity contribution in [2.24, 2.45) is 22.0 Å². The summed E-state index contributed by atoms with van der Waals surface area (Å²) in [5, 5.41) is 58.5. The van der Waals surface area contributed by atoms with Gasteiger partial charge in [0.1, 0.15) is 36.8 Å². The fourth-order valence-corrected chi connectivity index (χ4v) is 11.9. The topological polar surface area (TPSA) is 286 Å². The molecule has 1 aromatic carbocycles. The zero-order chi connectivity index (χ0) is 46.9. The number of amides is 3. The number of rotatable bonds is 18. The lowest BCUT2D eigenvalue weighted by atomic mass is 9.39. The van der Waals surface area contributed by atoms with Crippen LogP contribution in [0.25, 0.3) is 11.1 Å². The molecule has 2 aromatic heterocycles. The molecule has 5 aliphatic rings. The van der Waals surface area contributed by atoms with Crippen molar-refractivity contribution >= 4 is 29.6 Å². The number of nitrogens with one attached hydrogen (secondary N) is 3. The summed E-state index contributed by atoms with van der Waals surface area (Å²) in [4.78, 5) is 54.1. The highest BCUT2D eigenvalue weighted by Gasteiger charge is 2.66. The number of aliphatic hydroxyl groups excluding tert-OH is 4. The number of nitrogens with two attached hydrogens (primary N) is 1. The maximum absolute atomic E-state index is 12.9. The number of alkyl carbamates (subject to hydrolysis) is 1. The Labute approximate surface area is 377 Å². The average molecular weight is 907 g/mol. The molecule has 3 amide bonds. The number of carboxylic acid groups (broad SMARTS) is 1. The van der Waals surface area contributed by atoms with Gasteiger partial charge in [-0.05, 0) is 91.5 Å². The van der Waals surface area contributed by atoms with Gasteiger partial charge in [-0.15, -0.1) is 0 Å². The van der Waals surface area contributed by atoms with E-state index in [1.807, 2.05) is 19.2 Å². The number of likely N-dealkylation sites (N-methyl/N-ethyl adjacent to an activating group) is 1. The number of pyridine rings is 1. The molecule has 10 N–H and O–H groups in total. The highest BCUT2D eigenvalue weighted by atomic mass is 16.7. The summed E-state index contributed by atoms with van der Waals surface area (Å²) < 4.78 is 25.8. The average Bonchev–Trinajstić information content (AvgIpc) is 3.59. The van der Waals surface area contributed by atoms with E-state index < -0.39 is 55.3 Å². The first-order valence-corrected chi connectivity index (χ1v) is 22.1. The van der Waals surface area contributed by atoms with E-state index >= 15 is 0 Å². The normalized spacial score (nSPS) is 30.1. The largest absolute Gasteiger partial charge is 0.476 e. The van der Waals surface area contributed by atoms with Crippen LogP contribution in [0.3, 0.4) is 0 Å². The maximum Gasteiger partial charge on any atom is 0.407 e. The van der Waals surface area contributed by atoms with Crippen molar-refractivity contribution in [3.63, 3.8) is 0 Å². The Kier molecular flexibility index (Phi) is 14.0. The molecular formula is C46H62N6O13. The Morgan fingerprint density at radius 1 is 0.938 bits per heavy atom. The van der Waals surface area contributed by atoms with E-state index in [9.17, 15) is 44.7 Å². The number of aromatic carboxylic acids is 1. The molecule has 4 saturated carbocycles. The van der Waals surface area contributed by atoms with E-state index in [2.05, 4.69) is 39.3 Å². The predicted molar refractivity (Wildman–Crippen MR) is 233 cm³/mol. The minimum absolute atomic E-state index is 0.00643. The standard InChI is InChI=1S/C46H62N6O13/c1-26-29(30-7-6-28(16-35(55)48-4)50-36(30)40(59)60)10-13-52(26)25-45-20-43(2)19-44(3,21-45)23-46(22-43,24-45)63-14-12-49-42(61)62-18-27-5-8-32(31(15-27)51-34(54)9-11-47)64-41-39(58)38(57)37(56)33(17-53)65-41/h5-8,10,13,15,33,37-39,41,53,56-58H,9,11-12,14,16-25,47H2,1-4H3,(H,48,55)(H,49,61)(H,51,54)(H,59,60)/t33-,37-,38+,39-,41-,43?,44?,45?,46?/m1/s1. The molecule has 65 heavy (non-hydrogen) atoms. The van der Waals surface area contributed by atoms with Crippen LogP contribution in [-0.2, 0) is 43.4 Å². The third-order valence-electron chi connectivity index (χ3n) is 13.4. The van der Waals surface area contributed by atoms with Crippen LogP contribution >= 0.6 is 0 Å². The van der Waals surface area contributed by atoms with Crippen molar-refractivity contribution in [1.29, 1.82) is 0 Å². The van der Waals surface area contributed by atoms with Crippen molar-refractivity contribution in [3.8, 4) is 16.9 Å². The van der Waals surface area contributed by atoms with E-state index in [0.717, 1.165) is 56.3 Å². The molecule has 8 rings (SSSR count). The molecule has 3 heterocycles. The molecule has 1 aliphatic heterocycles. The van der Waals surface area contributed by atoms with Crippen LogP contribution in [0.2, 0.25) is 0 Å². The third-order valence-corrected chi connectivity index (χ3v) is 13.4. The van der Waals surface area contributed by atoms with E-state index in [1.54, 1.807) is 18.2 Å². The lowest BCUT2D eigenvalue weighted by Gasteiger charge is -2.69. The van der Waals surface area contributed by atoms with Gasteiger partial charge in [0.05, 0.1) is 36.6 Å². The second-order valence-electron chi connectivity index (χ2n) is 19.2. The molecule has 1 saturated heterocycles. The number of anilines is 1. The van der Waals surface area contributed by atoms with Gasteiger partial charge in [-0.2, -0.15) is 0 Å². The van der Waals surface area contributed by atoms with Crippen LogP contribution in [-0.4, -0.2) is 129 Å². The fourth-order valence-electron chi connectivity index (χ4n) is 11.9. The van der Waals surface area contributed by atoms with Crippen LogP contribution in [0.4, 0.5) is 10.5 Å². The molecule has 5 fully saturated rings. The monoisotopic (exact) mass is 906 g/mol. The molecule has 4 bridgehead atoms. The van der Waals surface area contributed by atoms with Gasteiger partial charge < -0.3 is 70.7 Å². The van der Waals surface area contributed by atoms with Crippen LogP contribution < -0.4 is 26.4 Å². The van der Waals surface area contributed by atoms with Crippen LogP contribution in [0, 0.1) is 23.2 Å². The van der Waals surface area contributed by atoms with Crippen LogP contribution in [0.15, 0.2) is 42.6 Å². The zero-order valence-corrected chi connectivity index (χ0v) is 37.3. The summed E-state index contributed by atoms with van der Waals surface area (Å²) in [6.45, 7) is 7.18. The summed E-state index contributed by atoms with van der Waals surface area (Å²) in [7, 11) is 1.52. The molecule has 354 valence electrons. The first kappa shape index (κ1) is 47.8. The number of aromatic nitrogens is 2. The minimum atomic E-state index is -1.68. The molecule has 0 radical (unpaired) electrons. The minimum Gasteiger partial charge on any atom is -0.476 e. The first-order chi connectivity index (χ1) is 30.8. The van der Waals surface area contributed by atoms with Crippen LogP contribution in [0.5, 0.6) is 5.75 Å². The quantitative estimate of drug-likeness (QED) is 0.0829. The van der Waals surface area contributed by atoms with E-state index in [0.29, 0.717) is 16.8 Å². The van der Waals surface area contributed by atoms with Gasteiger partial charge in [-0.1, -0.05) is 26.0 Å². The van der Waals surface area contributed by atoms with Gasteiger partial charge in [-0.25, -0.2) is 14.6 Å². The summed E-state index contributed by atoms with van der Waals surface area (Å²) in [5.41, 5.74) is 8.33. The van der Waals surface area contributed by atoms with Crippen molar-refractivity contribution in [2.75, 3.05) is 38.7 Å². The highest BCUT2D eigenvalue weighted by molar-refractivity contribution is 5.95. The fraction of sp³-hybridized carbons (Fsp3) is 0.587. The molecule has 0 spiro atoms. The van der Waals surface area contributed by atoms with Crippen molar-refractivity contribution in [2.45, 2.75) is 122 Å². The summed E-state index contributed by atoms with van der Waals surface area (Å²) >= 11 is 0. The van der Waals surface area contributed by atoms with E-state index in [4.69, 9.17) is 24.7 Å². The molecule has 4 aliphatic carbocycles. The molecular weight excluding hydrogens is 845 g/mol. The summed E-state index contributed by atoms with van der Waals surface area (Å²) in [5.74, 6) is -1.81. The van der Waals surface area contributed by atoms with Gasteiger partial charge in [0, 0.05) is 56.1 Å². The number of carboxylic acids is 1. The number of carbonyl (C=O) groups is 4. The first-order valence-electron chi connectivity index (χ1n) is 22.1. The van der Waals surface area contributed by atoms with E-state index in [1.165, 1.54) is 19.2 Å². The molecule has 2 unspecified atom stereocenters. The van der Waals surface area contributed by atoms with Crippen molar-refractivity contribution in [1.82, 2.24) is 20.2 Å². The number of benzene rings is 1. The third kappa shape index (κ3) is 10.5. The number of nitrogens with zero attached hydrogens (tertiary/aromatic N) is 2. The molecule has 3 aromatic rings. The Morgan fingerprint density at radius 2 is 1.68 bits per heavy atom. The van der Waals surface area contributed by atoms with Crippen LogP contribution in [0.1, 0.15) is 86.2 Å². The second kappa shape index (κ2) is 19.0. The number of aliphatic hydroxyl groups is 4. The van der Waals surface area contributed by atoms with Gasteiger partial charge in [0.2, 0.25) is 18.1 Å². The smallest absolute Gasteiger partial charge is 0.407 e. The van der Waals surface area contributed by atoms with Gasteiger partial charge in [0.25, 0.3) is 0 Å². The van der Waals surface area contributed by atoms with Crippen molar-refractivity contribution < 1.29 is 63.7 Å². The number of carbonyl (C=O) groups excluding carboxylic acids is 3. The Hall–Kier alpha value is -5.15. The number of hydrogen-bond donors (Lipinski definition) is 9. The summed E-state index contributed by atoms with van der Waals surface area (Å²) in [6, 6.07) is 9.92. The molecule has 7 atom stereocenters. The lowest BCUT2D eigenvalue weighted by Crippen LogP contribution is -2.64. The lowest BCUT2D eigenvalue weighted by molar-refractivity contribution is -0.277. The number of ether oxygens (including phenoxy) is 4. The number of hydrogen-bond acceptors (Lipinski definition) is 14. The maximum atomic E-state index is 12.9. The second-order valence-corrected chi connectivity index (χ2v) is 19.2. The Bertz CT molecular complexity index is 2250. The highest BCUT2D eigenvalue weighted by Crippen LogP contribution is 2.72. The zero-order valence-electron chi connectivity index (χ0n) is 37.3. The van der Waals surface area contributed by atoms with E-state index in [-0.39, 0.29) is 84.0 Å². The Morgan fingerprint density at radius 3 is 2.35 bits per heavy atom. The van der Waals surface area contributed by atoms with Gasteiger partial charge in [0.15, 0.2) is 5.69 Å².